The van der Waals surface area contributed by atoms with Crippen LogP contribution in [-0.2, 0) is 4.79 Å². The van der Waals surface area contributed by atoms with Crippen molar-refractivity contribution >= 4 is 5.91 Å². The molecule has 0 spiro atoms. The van der Waals surface area contributed by atoms with Crippen molar-refractivity contribution < 1.29 is 4.79 Å². The van der Waals surface area contributed by atoms with Crippen LogP contribution in [0.3, 0.4) is 0 Å². The molecule has 0 saturated carbocycles. The summed E-state index contributed by atoms with van der Waals surface area (Å²) in [5, 5.41) is 0. The van der Waals surface area contributed by atoms with Gasteiger partial charge in [-0.3, -0.25) is 4.79 Å². The van der Waals surface area contributed by atoms with E-state index in [1.54, 1.807) is 0 Å². The van der Waals surface area contributed by atoms with E-state index in [-0.39, 0.29) is 11.8 Å². The standard InChI is InChI=1S/C14H20N2O/c1-16-9-5-8-12(10-16)13(14(15)17)11-6-3-2-4-7-11/h2-4,6-7,12-13H,5,8-10H2,1H3,(H2,15,17)/t12-,13?/m0/s1. The average Bonchev–Trinajstić information content (AvgIpc) is 2.30. The van der Waals surface area contributed by atoms with E-state index in [4.69, 9.17) is 5.73 Å². The third-order valence-corrected chi connectivity index (χ3v) is 3.60. The van der Waals surface area contributed by atoms with Crippen LogP contribution in [0, 0.1) is 5.92 Å². The summed E-state index contributed by atoms with van der Waals surface area (Å²) >= 11 is 0. The lowest BCUT2D eigenvalue weighted by Crippen LogP contribution is -2.39. The SMILES string of the molecule is CN1CCC[C@H](C(C(N)=O)c2ccccc2)C1. The second-order valence-corrected chi connectivity index (χ2v) is 4.96. The van der Waals surface area contributed by atoms with Crippen LogP contribution < -0.4 is 5.73 Å². The number of hydrogen-bond acceptors (Lipinski definition) is 2. The van der Waals surface area contributed by atoms with Crippen LogP contribution in [0.25, 0.3) is 0 Å². The molecule has 1 saturated heterocycles. The van der Waals surface area contributed by atoms with Gasteiger partial charge in [-0.1, -0.05) is 30.3 Å². The molecule has 3 heteroatoms. The van der Waals surface area contributed by atoms with Crippen LogP contribution >= 0.6 is 0 Å². The van der Waals surface area contributed by atoms with Gasteiger partial charge in [0.05, 0.1) is 5.92 Å². The fourth-order valence-corrected chi connectivity index (χ4v) is 2.81. The smallest absolute Gasteiger partial charge is 0.225 e. The number of hydrogen-bond donors (Lipinski definition) is 1. The molecule has 1 amide bonds. The van der Waals surface area contributed by atoms with Gasteiger partial charge in [-0.15, -0.1) is 0 Å². The molecule has 0 bridgehead atoms. The lowest BCUT2D eigenvalue weighted by Gasteiger charge is -2.33. The second-order valence-electron chi connectivity index (χ2n) is 4.96. The molecule has 0 aromatic heterocycles. The summed E-state index contributed by atoms with van der Waals surface area (Å²) in [6, 6.07) is 9.91. The highest BCUT2D eigenvalue weighted by molar-refractivity contribution is 5.82. The molecule has 92 valence electrons. The molecule has 1 aromatic rings. The van der Waals surface area contributed by atoms with Gasteiger partial charge < -0.3 is 10.6 Å². The molecule has 2 N–H and O–H groups in total. The molecule has 1 aliphatic rings. The van der Waals surface area contributed by atoms with E-state index in [9.17, 15) is 4.79 Å². The van der Waals surface area contributed by atoms with Gasteiger partial charge >= 0.3 is 0 Å². The largest absolute Gasteiger partial charge is 0.369 e. The zero-order valence-electron chi connectivity index (χ0n) is 10.3. The first-order chi connectivity index (χ1) is 8.18. The number of carbonyl (C=O) groups excluding carboxylic acids is 1. The van der Waals surface area contributed by atoms with Crippen molar-refractivity contribution in [2.24, 2.45) is 11.7 Å². The lowest BCUT2D eigenvalue weighted by atomic mass is 9.80. The molecule has 0 aliphatic carbocycles. The Morgan fingerprint density at radius 2 is 2.12 bits per heavy atom. The minimum absolute atomic E-state index is 0.140. The number of likely N-dealkylation sites (tertiary alicyclic amines) is 1. The first-order valence-corrected chi connectivity index (χ1v) is 6.21. The third kappa shape index (κ3) is 2.86. The second kappa shape index (κ2) is 5.32. The molecule has 17 heavy (non-hydrogen) atoms. The third-order valence-electron chi connectivity index (χ3n) is 3.60. The van der Waals surface area contributed by atoms with Gasteiger partial charge in [0.15, 0.2) is 0 Å². The number of nitrogens with zero attached hydrogens (tertiary/aromatic N) is 1. The van der Waals surface area contributed by atoms with Crippen molar-refractivity contribution in [2.75, 3.05) is 20.1 Å². The van der Waals surface area contributed by atoms with Gasteiger partial charge in [0, 0.05) is 6.54 Å². The van der Waals surface area contributed by atoms with Crippen LogP contribution in [0.4, 0.5) is 0 Å². The molecule has 3 nitrogen and oxygen atoms in total. The average molecular weight is 232 g/mol. The highest BCUT2D eigenvalue weighted by Crippen LogP contribution is 2.31. The van der Waals surface area contributed by atoms with Crippen molar-refractivity contribution in [3.8, 4) is 0 Å². The number of carbonyl (C=O) groups is 1. The Kier molecular flexibility index (Phi) is 3.79. The predicted octanol–water partition coefficient (Wildman–Crippen LogP) is 1.60. The molecule has 0 radical (unpaired) electrons. The summed E-state index contributed by atoms with van der Waals surface area (Å²) < 4.78 is 0. The number of piperidine rings is 1. The summed E-state index contributed by atoms with van der Waals surface area (Å²) in [4.78, 5) is 14.0. The van der Waals surface area contributed by atoms with Gasteiger partial charge in [-0.2, -0.15) is 0 Å². The van der Waals surface area contributed by atoms with Crippen molar-refractivity contribution in [1.82, 2.24) is 4.90 Å². The van der Waals surface area contributed by atoms with Gasteiger partial charge in [-0.25, -0.2) is 0 Å². The highest BCUT2D eigenvalue weighted by Gasteiger charge is 2.30. The minimum atomic E-state index is -0.198. The van der Waals surface area contributed by atoms with E-state index in [0.29, 0.717) is 5.92 Å². The van der Waals surface area contributed by atoms with Crippen LogP contribution in [0.2, 0.25) is 0 Å². The topological polar surface area (TPSA) is 46.3 Å². The van der Waals surface area contributed by atoms with Gasteiger partial charge in [0.25, 0.3) is 0 Å². The summed E-state index contributed by atoms with van der Waals surface area (Å²) in [5.74, 6) is 0.0177. The van der Waals surface area contributed by atoms with Crippen LogP contribution in [0.1, 0.15) is 24.3 Å². The number of primary amides is 1. The fraction of sp³-hybridized carbons (Fsp3) is 0.500. The van der Waals surface area contributed by atoms with Crippen molar-refractivity contribution in [3.05, 3.63) is 35.9 Å². The van der Waals surface area contributed by atoms with Gasteiger partial charge in [-0.05, 0) is 37.9 Å². The maximum Gasteiger partial charge on any atom is 0.225 e. The van der Waals surface area contributed by atoms with E-state index in [2.05, 4.69) is 11.9 Å². The summed E-state index contributed by atoms with van der Waals surface area (Å²) in [6.07, 6.45) is 2.24. The molecule has 1 unspecified atom stereocenters. The van der Waals surface area contributed by atoms with E-state index in [1.807, 2.05) is 30.3 Å². The lowest BCUT2D eigenvalue weighted by molar-refractivity contribution is -0.121. The van der Waals surface area contributed by atoms with Crippen LogP contribution in [0.5, 0.6) is 0 Å². The maximum absolute atomic E-state index is 11.7. The summed E-state index contributed by atoms with van der Waals surface area (Å²) in [7, 11) is 2.11. The quantitative estimate of drug-likeness (QED) is 0.860. The first-order valence-electron chi connectivity index (χ1n) is 6.21. The molecule has 1 fully saturated rings. The van der Waals surface area contributed by atoms with E-state index in [1.165, 1.54) is 0 Å². The molecule has 1 heterocycles. The highest BCUT2D eigenvalue weighted by atomic mass is 16.1. The molecular formula is C14H20N2O. The minimum Gasteiger partial charge on any atom is -0.369 e. The Labute approximate surface area is 103 Å². The van der Waals surface area contributed by atoms with Crippen molar-refractivity contribution in [3.63, 3.8) is 0 Å². The van der Waals surface area contributed by atoms with E-state index in [0.717, 1.165) is 31.5 Å². The Bertz CT molecular complexity index is 377. The van der Waals surface area contributed by atoms with Crippen LogP contribution in [0.15, 0.2) is 30.3 Å². The maximum atomic E-state index is 11.7. The Balaban J connectivity index is 2.20. The summed E-state index contributed by atoms with van der Waals surface area (Å²) in [6.45, 7) is 2.08. The Hall–Kier alpha value is -1.35. The molecule has 2 atom stereocenters. The number of nitrogens with two attached hydrogens (primary N) is 1. The van der Waals surface area contributed by atoms with Crippen LogP contribution in [-0.4, -0.2) is 30.9 Å². The monoisotopic (exact) mass is 232 g/mol. The van der Waals surface area contributed by atoms with E-state index < -0.39 is 0 Å². The zero-order valence-corrected chi connectivity index (χ0v) is 10.3. The molecular weight excluding hydrogens is 212 g/mol. The Morgan fingerprint density at radius 1 is 1.41 bits per heavy atom. The predicted molar refractivity (Wildman–Crippen MR) is 68.6 cm³/mol. The van der Waals surface area contributed by atoms with Gasteiger partial charge in [0.1, 0.15) is 0 Å². The Morgan fingerprint density at radius 3 is 2.71 bits per heavy atom. The molecule has 1 aliphatic heterocycles. The number of benzene rings is 1. The molecule has 2 rings (SSSR count). The molecule has 1 aromatic carbocycles. The van der Waals surface area contributed by atoms with E-state index >= 15 is 0 Å². The summed E-state index contributed by atoms with van der Waals surface area (Å²) in [5.41, 5.74) is 6.64. The van der Waals surface area contributed by atoms with Gasteiger partial charge in [0.2, 0.25) is 5.91 Å². The zero-order chi connectivity index (χ0) is 12.3. The number of amides is 1. The normalized spacial score (nSPS) is 23.2. The van der Waals surface area contributed by atoms with Crippen molar-refractivity contribution in [2.45, 2.75) is 18.8 Å². The first kappa shape index (κ1) is 12.1. The fourth-order valence-electron chi connectivity index (χ4n) is 2.81. The number of rotatable bonds is 3. The van der Waals surface area contributed by atoms with Crippen molar-refractivity contribution in [1.29, 1.82) is 0 Å².